The molecule has 0 aromatic heterocycles. The predicted octanol–water partition coefficient (Wildman–Crippen LogP) is 2.74. The van der Waals surface area contributed by atoms with Crippen LogP contribution in [0.25, 0.3) is 0 Å². The summed E-state index contributed by atoms with van der Waals surface area (Å²) in [6.07, 6.45) is 2.08. The van der Waals surface area contributed by atoms with E-state index in [2.05, 4.69) is 10.6 Å². The first-order valence-electron chi connectivity index (χ1n) is 5.53. The second-order valence-electron chi connectivity index (χ2n) is 3.69. The van der Waals surface area contributed by atoms with E-state index in [4.69, 9.17) is 23.2 Å². The summed E-state index contributed by atoms with van der Waals surface area (Å²) in [6, 6.07) is 5.66. The number of rotatable bonds is 7. The van der Waals surface area contributed by atoms with Crippen molar-refractivity contribution in [2.75, 3.05) is 26.7 Å². The lowest BCUT2D eigenvalue weighted by Gasteiger charge is -2.06. The zero-order chi connectivity index (χ0) is 11.8. The summed E-state index contributed by atoms with van der Waals surface area (Å²) in [7, 11) is 1.97. The van der Waals surface area contributed by atoms with E-state index in [1.54, 1.807) is 6.07 Å². The topological polar surface area (TPSA) is 24.1 Å². The Morgan fingerprint density at radius 3 is 2.62 bits per heavy atom. The Labute approximate surface area is 107 Å². The lowest BCUT2D eigenvalue weighted by atomic mass is 10.1. The van der Waals surface area contributed by atoms with Gasteiger partial charge in [-0.15, -0.1) is 0 Å². The van der Waals surface area contributed by atoms with Gasteiger partial charge in [-0.1, -0.05) is 29.3 Å². The van der Waals surface area contributed by atoms with Gasteiger partial charge in [0.15, 0.2) is 0 Å². The summed E-state index contributed by atoms with van der Waals surface area (Å²) in [4.78, 5) is 0. The van der Waals surface area contributed by atoms with Crippen LogP contribution in [0.5, 0.6) is 0 Å². The van der Waals surface area contributed by atoms with Crippen LogP contribution in [0.2, 0.25) is 10.0 Å². The van der Waals surface area contributed by atoms with Crippen molar-refractivity contribution >= 4 is 23.2 Å². The first kappa shape index (κ1) is 13.8. The third kappa shape index (κ3) is 5.17. The van der Waals surface area contributed by atoms with E-state index in [-0.39, 0.29) is 0 Å². The maximum Gasteiger partial charge on any atom is 0.0453 e. The van der Waals surface area contributed by atoms with Gasteiger partial charge in [-0.3, -0.25) is 0 Å². The van der Waals surface area contributed by atoms with Crippen LogP contribution in [0.3, 0.4) is 0 Å². The van der Waals surface area contributed by atoms with Crippen molar-refractivity contribution in [2.45, 2.75) is 12.8 Å². The molecule has 0 spiro atoms. The van der Waals surface area contributed by atoms with E-state index < -0.39 is 0 Å². The highest BCUT2D eigenvalue weighted by atomic mass is 35.5. The number of halogens is 2. The molecule has 0 fully saturated rings. The zero-order valence-electron chi connectivity index (χ0n) is 9.52. The second kappa shape index (κ2) is 7.91. The van der Waals surface area contributed by atoms with Crippen LogP contribution in [-0.4, -0.2) is 26.7 Å². The minimum Gasteiger partial charge on any atom is -0.320 e. The first-order valence-corrected chi connectivity index (χ1v) is 6.29. The van der Waals surface area contributed by atoms with E-state index in [9.17, 15) is 0 Å². The average Bonchev–Trinajstić information content (AvgIpc) is 2.26. The molecule has 0 radical (unpaired) electrons. The number of benzene rings is 1. The molecule has 2 N–H and O–H groups in total. The van der Waals surface area contributed by atoms with Crippen molar-refractivity contribution in [3.05, 3.63) is 33.8 Å². The van der Waals surface area contributed by atoms with Crippen LogP contribution in [0.4, 0.5) is 0 Å². The molecular formula is C12H18Cl2N2. The molecule has 0 saturated heterocycles. The molecule has 90 valence electrons. The molecule has 0 unspecified atom stereocenters. The van der Waals surface area contributed by atoms with Gasteiger partial charge < -0.3 is 10.6 Å². The van der Waals surface area contributed by atoms with Crippen molar-refractivity contribution in [2.24, 2.45) is 0 Å². The van der Waals surface area contributed by atoms with E-state index in [1.165, 1.54) is 0 Å². The van der Waals surface area contributed by atoms with Gasteiger partial charge in [-0.2, -0.15) is 0 Å². The van der Waals surface area contributed by atoms with Crippen LogP contribution in [0.15, 0.2) is 18.2 Å². The largest absolute Gasteiger partial charge is 0.320 e. The highest BCUT2D eigenvalue weighted by Crippen LogP contribution is 2.20. The Kier molecular flexibility index (Phi) is 6.81. The van der Waals surface area contributed by atoms with Crippen molar-refractivity contribution < 1.29 is 0 Å². The van der Waals surface area contributed by atoms with Crippen molar-refractivity contribution in [3.8, 4) is 0 Å². The molecule has 0 saturated carbocycles. The van der Waals surface area contributed by atoms with E-state index in [0.29, 0.717) is 5.02 Å². The van der Waals surface area contributed by atoms with Gasteiger partial charge in [0.25, 0.3) is 0 Å². The Hall–Kier alpha value is -0.280. The normalized spacial score (nSPS) is 10.7. The number of hydrogen-bond acceptors (Lipinski definition) is 2. The maximum atomic E-state index is 6.07. The van der Waals surface area contributed by atoms with Crippen molar-refractivity contribution in [1.82, 2.24) is 10.6 Å². The zero-order valence-corrected chi connectivity index (χ0v) is 11.0. The van der Waals surface area contributed by atoms with Crippen LogP contribution in [0.1, 0.15) is 12.0 Å². The summed E-state index contributed by atoms with van der Waals surface area (Å²) in [5.41, 5.74) is 1.15. The molecule has 1 rings (SSSR count). The summed E-state index contributed by atoms with van der Waals surface area (Å²) in [5, 5.41) is 7.94. The van der Waals surface area contributed by atoms with Crippen molar-refractivity contribution in [3.63, 3.8) is 0 Å². The van der Waals surface area contributed by atoms with Crippen LogP contribution >= 0.6 is 23.2 Å². The molecule has 16 heavy (non-hydrogen) atoms. The third-order valence-corrected chi connectivity index (χ3v) is 2.95. The van der Waals surface area contributed by atoms with E-state index in [0.717, 1.165) is 43.1 Å². The summed E-state index contributed by atoms with van der Waals surface area (Å²) < 4.78 is 0. The highest BCUT2D eigenvalue weighted by molar-refractivity contribution is 6.35. The lowest BCUT2D eigenvalue weighted by molar-refractivity contribution is 0.625. The minimum atomic E-state index is 0.690. The Balaban J connectivity index is 2.21. The molecule has 0 atom stereocenters. The molecule has 0 amide bonds. The maximum absolute atomic E-state index is 6.07. The standard InChI is InChI=1S/C12H18Cl2N2/c1-15-6-2-7-16-8-5-10-3-4-11(13)9-12(10)14/h3-4,9,15-16H,2,5-8H2,1H3. The number of hydrogen-bond donors (Lipinski definition) is 2. The molecular weight excluding hydrogens is 243 g/mol. The highest BCUT2D eigenvalue weighted by Gasteiger charge is 2.00. The summed E-state index contributed by atoms with van der Waals surface area (Å²) >= 11 is 11.9. The monoisotopic (exact) mass is 260 g/mol. The van der Waals surface area contributed by atoms with Gasteiger partial charge in [0, 0.05) is 10.0 Å². The van der Waals surface area contributed by atoms with E-state index in [1.807, 2.05) is 19.2 Å². The van der Waals surface area contributed by atoms with Crippen LogP contribution < -0.4 is 10.6 Å². The molecule has 0 heterocycles. The van der Waals surface area contributed by atoms with E-state index >= 15 is 0 Å². The second-order valence-corrected chi connectivity index (χ2v) is 4.54. The van der Waals surface area contributed by atoms with Gasteiger partial charge in [-0.05, 0) is 57.2 Å². The van der Waals surface area contributed by atoms with Gasteiger partial charge in [0.2, 0.25) is 0 Å². The summed E-state index contributed by atoms with van der Waals surface area (Å²) in [5.74, 6) is 0. The molecule has 0 aliphatic heterocycles. The molecule has 0 bridgehead atoms. The Morgan fingerprint density at radius 1 is 1.12 bits per heavy atom. The average molecular weight is 261 g/mol. The molecule has 1 aromatic rings. The van der Waals surface area contributed by atoms with Gasteiger partial charge in [-0.25, -0.2) is 0 Å². The summed E-state index contributed by atoms with van der Waals surface area (Å²) in [6.45, 7) is 3.03. The molecule has 0 aliphatic carbocycles. The number of nitrogens with one attached hydrogen (secondary N) is 2. The predicted molar refractivity (Wildman–Crippen MR) is 71.6 cm³/mol. The molecule has 1 aromatic carbocycles. The van der Waals surface area contributed by atoms with Crippen LogP contribution in [-0.2, 0) is 6.42 Å². The smallest absolute Gasteiger partial charge is 0.0453 e. The van der Waals surface area contributed by atoms with Gasteiger partial charge >= 0.3 is 0 Å². The molecule has 2 nitrogen and oxygen atoms in total. The lowest BCUT2D eigenvalue weighted by Crippen LogP contribution is -2.22. The quantitative estimate of drug-likeness (QED) is 0.737. The fourth-order valence-electron chi connectivity index (χ4n) is 1.46. The van der Waals surface area contributed by atoms with Gasteiger partial charge in [0.1, 0.15) is 0 Å². The molecule has 0 aliphatic rings. The van der Waals surface area contributed by atoms with Crippen molar-refractivity contribution in [1.29, 1.82) is 0 Å². The molecule has 4 heteroatoms. The first-order chi connectivity index (χ1) is 7.74. The van der Waals surface area contributed by atoms with Gasteiger partial charge in [0.05, 0.1) is 0 Å². The SMILES string of the molecule is CNCCCNCCc1ccc(Cl)cc1Cl. The minimum absolute atomic E-state index is 0.690. The Morgan fingerprint density at radius 2 is 1.94 bits per heavy atom. The van der Waals surface area contributed by atoms with Crippen LogP contribution in [0, 0.1) is 0 Å². The fourth-order valence-corrected chi connectivity index (χ4v) is 1.97. The Bertz CT molecular complexity index is 316. The third-order valence-electron chi connectivity index (χ3n) is 2.37. The fraction of sp³-hybridized carbons (Fsp3) is 0.500.